The van der Waals surface area contributed by atoms with Crippen LogP contribution in [0.5, 0.6) is 0 Å². The first-order chi connectivity index (χ1) is 21.7. The number of ketones is 1. The molecule has 6 aliphatic rings. The maximum absolute atomic E-state index is 15.2. The van der Waals surface area contributed by atoms with Crippen LogP contribution in [0.2, 0.25) is 0 Å². The Labute approximate surface area is 274 Å². The van der Waals surface area contributed by atoms with E-state index in [-0.39, 0.29) is 29.6 Å². The van der Waals surface area contributed by atoms with Crippen molar-refractivity contribution in [2.45, 2.75) is 83.8 Å². The molecule has 0 amide bonds. The van der Waals surface area contributed by atoms with E-state index in [1.807, 2.05) is 61.5 Å². The second kappa shape index (κ2) is 10.7. The number of hydrogen-bond donors (Lipinski definition) is 2. The lowest BCUT2D eigenvalue weighted by Crippen LogP contribution is -2.67. The molecule has 6 nitrogen and oxygen atoms in total. The van der Waals surface area contributed by atoms with E-state index < -0.39 is 38.0 Å². The van der Waals surface area contributed by atoms with Crippen LogP contribution >= 0.6 is 0 Å². The fraction of sp³-hybridized carbons (Fsp3) is 0.564. The highest BCUT2D eigenvalue weighted by atomic mass is 32.2. The number of benzene rings is 2. The smallest absolute Gasteiger partial charge is 0.211 e. The predicted molar refractivity (Wildman–Crippen MR) is 181 cm³/mol. The summed E-state index contributed by atoms with van der Waals surface area (Å²) in [7, 11) is -3.51. The van der Waals surface area contributed by atoms with Crippen molar-refractivity contribution >= 4 is 15.8 Å². The van der Waals surface area contributed by atoms with Crippen molar-refractivity contribution in [3.63, 3.8) is 0 Å². The van der Waals surface area contributed by atoms with E-state index in [1.165, 1.54) is 10.6 Å². The Kier molecular flexibility index (Phi) is 7.45. The van der Waals surface area contributed by atoms with Crippen LogP contribution in [-0.4, -0.2) is 59.8 Å². The van der Waals surface area contributed by atoms with E-state index in [4.69, 9.17) is 0 Å². The number of allylic oxidation sites excluding steroid dienone is 4. The highest BCUT2D eigenvalue weighted by molar-refractivity contribution is 7.88. The van der Waals surface area contributed by atoms with Gasteiger partial charge in [0.15, 0.2) is 5.78 Å². The third-order valence-electron chi connectivity index (χ3n) is 13.6. The van der Waals surface area contributed by atoms with Gasteiger partial charge in [-0.1, -0.05) is 93.6 Å². The van der Waals surface area contributed by atoms with Crippen LogP contribution in [0.1, 0.15) is 82.5 Å². The largest absolute Gasteiger partial charge is 0.393 e. The Morgan fingerprint density at radius 2 is 1.57 bits per heavy atom. The number of carbonyl (C=O) groups excluding carboxylic acids is 1. The standard InChI is InChI=1S/C39H49NO5S/c1-5-23-40(46(4,44)45)26-38(43)20-17-33-36(38,3)19-16-32-35(2)18-15-28(41)24-37(35)21-22-39(32,33)31(25-37)34(42)30-14-10-9-13-29(30)27-11-7-6-8-12-27/h6-14,21-22,25,28,32-33,41,43H,5,15-20,23-24,26H2,1-4H3. The molecule has 3 saturated carbocycles. The molecule has 8 rings (SSSR count). The second-order valence-electron chi connectivity index (χ2n) is 15.6. The summed E-state index contributed by atoms with van der Waals surface area (Å²) in [5, 5.41) is 23.6. The summed E-state index contributed by atoms with van der Waals surface area (Å²) in [4.78, 5) is 15.2. The number of Topliss-reactive ketones (excluding diaryl/α,β-unsaturated/α-hetero) is 1. The maximum Gasteiger partial charge on any atom is 0.211 e. The molecule has 246 valence electrons. The normalized spacial score (nSPS) is 39.5. The lowest BCUT2D eigenvalue weighted by Gasteiger charge is -2.71. The molecule has 6 aliphatic carbocycles. The van der Waals surface area contributed by atoms with E-state index in [2.05, 4.69) is 32.1 Å². The topological polar surface area (TPSA) is 94.9 Å². The van der Waals surface area contributed by atoms with Crippen LogP contribution in [0.15, 0.2) is 78.4 Å². The van der Waals surface area contributed by atoms with Crippen LogP contribution in [0.4, 0.5) is 0 Å². The van der Waals surface area contributed by atoms with Gasteiger partial charge in [-0.15, -0.1) is 0 Å². The highest BCUT2D eigenvalue weighted by Gasteiger charge is 2.74. The van der Waals surface area contributed by atoms with Crippen LogP contribution < -0.4 is 0 Å². The van der Waals surface area contributed by atoms with Gasteiger partial charge >= 0.3 is 0 Å². The Bertz CT molecular complexity index is 1720. The van der Waals surface area contributed by atoms with Crippen molar-refractivity contribution < 1.29 is 23.4 Å². The van der Waals surface area contributed by atoms with Gasteiger partial charge in [0, 0.05) is 40.5 Å². The summed E-state index contributed by atoms with van der Waals surface area (Å²) in [6, 6.07) is 17.9. The molecule has 0 heterocycles. The fourth-order valence-electron chi connectivity index (χ4n) is 11.2. The molecule has 0 radical (unpaired) electrons. The monoisotopic (exact) mass is 643 g/mol. The SMILES string of the molecule is CCCN(CC1(O)CCC2C34C=CC5(C=C3C(=O)c3ccccc3-c3ccccc3)CC(O)CCC5(C)C4CCC21C)S(C)(=O)=O. The summed E-state index contributed by atoms with van der Waals surface area (Å²) in [5.41, 5.74) is 0.430. The summed E-state index contributed by atoms with van der Waals surface area (Å²) in [6.45, 7) is 6.96. The average molecular weight is 644 g/mol. The van der Waals surface area contributed by atoms with E-state index in [1.54, 1.807) is 0 Å². The van der Waals surface area contributed by atoms with Crippen molar-refractivity contribution in [1.29, 1.82) is 0 Å². The Balaban J connectivity index is 1.39. The van der Waals surface area contributed by atoms with Crippen molar-refractivity contribution in [3.05, 3.63) is 84.0 Å². The molecule has 0 aliphatic heterocycles. The predicted octanol–water partition coefficient (Wildman–Crippen LogP) is 6.80. The Hall–Kier alpha value is -2.58. The first kappa shape index (κ1) is 32.0. The average Bonchev–Trinajstić information content (AvgIpc) is 3.30. The number of aliphatic hydroxyl groups excluding tert-OH is 1. The molecular weight excluding hydrogens is 594 g/mol. The molecule has 2 aromatic carbocycles. The molecule has 8 unspecified atom stereocenters. The van der Waals surface area contributed by atoms with Gasteiger partial charge in [-0.3, -0.25) is 4.79 Å². The van der Waals surface area contributed by atoms with E-state index in [0.717, 1.165) is 42.4 Å². The number of carbonyl (C=O) groups is 1. The Morgan fingerprint density at radius 1 is 0.913 bits per heavy atom. The zero-order valence-electron chi connectivity index (χ0n) is 27.7. The first-order valence-electron chi connectivity index (χ1n) is 17.2. The molecule has 0 aromatic heterocycles. The fourth-order valence-corrected chi connectivity index (χ4v) is 12.2. The summed E-state index contributed by atoms with van der Waals surface area (Å²) in [6.07, 6.45) is 13.4. The molecule has 2 spiro atoms. The Morgan fingerprint density at radius 3 is 2.28 bits per heavy atom. The number of fused-ring (bicyclic) bond motifs is 1. The zero-order chi connectivity index (χ0) is 32.8. The van der Waals surface area contributed by atoms with Gasteiger partial charge in [-0.05, 0) is 79.7 Å². The van der Waals surface area contributed by atoms with Crippen LogP contribution in [-0.2, 0) is 10.0 Å². The molecule has 46 heavy (non-hydrogen) atoms. The first-order valence-corrected chi connectivity index (χ1v) is 19.1. The van der Waals surface area contributed by atoms with Gasteiger partial charge < -0.3 is 10.2 Å². The van der Waals surface area contributed by atoms with Gasteiger partial charge in [0.25, 0.3) is 0 Å². The molecule has 2 aromatic rings. The summed E-state index contributed by atoms with van der Waals surface area (Å²) < 4.78 is 27.2. The minimum atomic E-state index is -3.51. The minimum absolute atomic E-state index is 0.0266. The molecule has 0 saturated heterocycles. The number of sulfonamides is 1. The van der Waals surface area contributed by atoms with Crippen LogP contribution in [0, 0.1) is 33.5 Å². The highest BCUT2D eigenvalue weighted by Crippen LogP contribution is 2.78. The number of nitrogens with zero attached hydrogens (tertiary/aromatic N) is 1. The van der Waals surface area contributed by atoms with Gasteiger partial charge in [0.05, 0.1) is 18.0 Å². The van der Waals surface area contributed by atoms with Crippen molar-refractivity contribution in [1.82, 2.24) is 4.31 Å². The molecule has 8 atom stereocenters. The maximum atomic E-state index is 15.2. The molecular formula is C39H49NO5S. The van der Waals surface area contributed by atoms with Crippen LogP contribution in [0.3, 0.4) is 0 Å². The molecule has 7 heteroatoms. The lowest BCUT2D eigenvalue weighted by atomic mass is 9.32. The van der Waals surface area contributed by atoms with Crippen molar-refractivity contribution in [2.75, 3.05) is 19.3 Å². The second-order valence-corrected chi connectivity index (χ2v) is 17.6. The summed E-state index contributed by atoms with van der Waals surface area (Å²) >= 11 is 0. The number of aliphatic hydroxyl groups is 2. The number of hydrogen-bond acceptors (Lipinski definition) is 5. The van der Waals surface area contributed by atoms with Gasteiger partial charge in [0.1, 0.15) is 0 Å². The van der Waals surface area contributed by atoms with Gasteiger partial charge in [0.2, 0.25) is 10.0 Å². The third-order valence-corrected chi connectivity index (χ3v) is 14.8. The van der Waals surface area contributed by atoms with E-state index >= 15 is 4.79 Å². The number of rotatable bonds is 8. The van der Waals surface area contributed by atoms with Gasteiger partial charge in [-0.25, -0.2) is 8.42 Å². The summed E-state index contributed by atoms with van der Waals surface area (Å²) in [5.74, 6) is 0.162. The van der Waals surface area contributed by atoms with Crippen molar-refractivity contribution in [3.8, 4) is 11.1 Å². The minimum Gasteiger partial charge on any atom is -0.393 e. The molecule has 3 fully saturated rings. The van der Waals surface area contributed by atoms with Gasteiger partial charge in [-0.2, -0.15) is 4.31 Å². The molecule has 2 N–H and O–H groups in total. The zero-order valence-corrected chi connectivity index (χ0v) is 28.5. The third kappa shape index (κ3) is 4.30. The van der Waals surface area contributed by atoms with Crippen molar-refractivity contribution in [2.24, 2.45) is 33.5 Å². The van der Waals surface area contributed by atoms with E-state index in [0.29, 0.717) is 37.8 Å². The lowest BCUT2D eigenvalue weighted by molar-refractivity contribution is -0.173. The quantitative estimate of drug-likeness (QED) is 0.244. The van der Waals surface area contributed by atoms with E-state index in [9.17, 15) is 18.6 Å². The van der Waals surface area contributed by atoms with Crippen LogP contribution in [0.25, 0.3) is 11.1 Å². The molecule has 2 bridgehead atoms.